The summed E-state index contributed by atoms with van der Waals surface area (Å²) in [7, 11) is 0. The highest BCUT2D eigenvalue weighted by Gasteiger charge is 2.34. The summed E-state index contributed by atoms with van der Waals surface area (Å²) >= 11 is 0. The number of nitrogens with zero attached hydrogens (tertiary/aromatic N) is 1. The molecule has 1 fully saturated rings. The van der Waals surface area contributed by atoms with E-state index in [0.717, 1.165) is 25.9 Å². The quantitative estimate of drug-likeness (QED) is 0.793. The molecule has 0 bridgehead atoms. The fourth-order valence-corrected chi connectivity index (χ4v) is 1.90. The Kier molecular flexibility index (Phi) is 2.96. The molecule has 0 unspecified atom stereocenters. The van der Waals surface area contributed by atoms with Crippen molar-refractivity contribution in [1.82, 2.24) is 10.5 Å². The second-order valence-corrected chi connectivity index (χ2v) is 4.59. The molecule has 2 N–H and O–H groups in total. The lowest BCUT2D eigenvalue weighted by Gasteiger charge is -2.32. The Balaban J connectivity index is 2.01. The normalized spacial score (nSPS) is 19.4. The van der Waals surface area contributed by atoms with Gasteiger partial charge >= 0.3 is 0 Å². The second kappa shape index (κ2) is 4.25. The third-order valence-corrected chi connectivity index (χ3v) is 3.12. The van der Waals surface area contributed by atoms with Gasteiger partial charge in [0, 0.05) is 11.5 Å². The summed E-state index contributed by atoms with van der Waals surface area (Å²) in [6.45, 7) is 5.58. The van der Waals surface area contributed by atoms with Crippen molar-refractivity contribution in [2.75, 3.05) is 18.4 Å². The number of rotatable bonds is 2. The summed E-state index contributed by atoms with van der Waals surface area (Å²) in [5.74, 6) is 1.23. The fraction of sp³-hybridized carbons (Fsp3) is 0.636. The van der Waals surface area contributed by atoms with E-state index in [1.807, 2.05) is 6.92 Å². The molecule has 0 spiro atoms. The molecule has 1 aliphatic heterocycles. The zero-order valence-electron chi connectivity index (χ0n) is 9.67. The summed E-state index contributed by atoms with van der Waals surface area (Å²) in [5, 5.41) is 9.81. The number of aryl methyl sites for hydroxylation is 1. The number of piperidine rings is 1. The molecular formula is C11H17N3O2. The van der Waals surface area contributed by atoms with Gasteiger partial charge in [0.15, 0.2) is 5.82 Å². The minimum atomic E-state index is -0.294. The van der Waals surface area contributed by atoms with Gasteiger partial charge in [-0.25, -0.2) is 0 Å². The van der Waals surface area contributed by atoms with Gasteiger partial charge < -0.3 is 15.2 Å². The number of anilines is 1. The van der Waals surface area contributed by atoms with Crippen LogP contribution in [0.25, 0.3) is 0 Å². The molecule has 1 aromatic heterocycles. The standard InChI is InChI=1S/C11H17N3O2/c1-8-7-9(14-16-8)13-10(15)11(2)3-5-12-6-4-11/h7,12H,3-6H2,1-2H3,(H,13,14,15). The number of amides is 1. The highest BCUT2D eigenvalue weighted by Crippen LogP contribution is 2.29. The first-order chi connectivity index (χ1) is 7.60. The van der Waals surface area contributed by atoms with Crippen LogP contribution in [0.15, 0.2) is 10.6 Å². The number of carbonyl (C=O) groups excluding carboxylic acids is 1. The van der Waals surface area contributed by atoms with Crippen LogP contribution >= 0.6 is 0 Å². The Morgan fingerprint density at radius 1 is 1.56 bits per heavy atom. The zero-order valence-corrected chi connectivity index (χ0v) is 9.67. The van der Waals surface area contributed by atoms with Crippen molar-refractivity contribution in [3.05, 3.63) is 11.8 Å². The molecule has 16 heavy (non-hydrogen) atoms. The van der Waals surface area contributed by atoms with Crippen LogP contribution in [0.3, 0.4) is 0 Å². The maximum absolute atomic E-state index is 12.1. The van der Waals surface area contributed by atoms with Crippen LogP contribution < -0.4 is 10.6 Å². The maximum atomic E-state index is 12.1. The van der Waals surface area contributed by atoms with Crippen LogP contribution in [0.2, 0.25) is 0 Å². The SMILES string of the molecule is Cc1cc(NC(=O)C2(C)CCNCC2)no1. The van der Waals surface area contributed by atoms with E-state index in [0.29, 0.717) is 11.6 Å². The van der Waals surface area contributed by atoms with E-state index in [1.54, 1.807) is 13.0 Å². The van der Waals surface area contributed by atoms with Gasteiger partial charge in [-0.2, -0.15) is 0 Å². The average Bonchev–Trinajstić information content (AvgIpc) is 2.65. The molecule has 88 valence electrons. The first-order valence-electron chi connectivity index (χ1n) is 5.56. The van der Waals surface area contributed by atoms with E-state index in [-0.39, 0.29) is 11.3 Å². The van der Waals surface area contributed by atoms with Crippen molar-refractivity contribution < 1.29 is 9.32 Å². The molecule has 2 rings (SSSR count). The van der Waals surface area contributed by atoms with E-state index in [9.17, 15) is 4.79 Å². The molecule has 1 aromatic rings. The van der Waals surface area contributed by atoms with Crippen molar-refractivity contribution >= 4 is 11.7 Å². The van der Waals surface area contributed by atoms with Crippen molar-refractivity contribution in [2.45, 2.75) is 26.7 Å². The van der Waals surface area contributed by atoms with Gasteiger partial charge in [0.25, 0.3) is 0 Å². The van der Waals surface area contributed by atoms with Crippen LogP contribution in [0.4, 0.5) is 5.82 Å². The zero-order chi connectivity index (χ0) is 11.6. The van der Waals surface area contributed by atoms with Gasteiger partial charge in [-0.05, 0) is 32.9 Å². The number of hydrogen-bond acceptors (Lipinski definition) is 4. The lowest BCUT2D eigenvalue weighted by molar-refractivity contribution is -0.126. The van der Waals surface area contributed by atoms with Gasteiger partial charge in [-0.15, -0.1) is 0 Å². The summed E-state index contributed by atoms with van der Waals surface area (Å²) in [5.41, 5.74) is -0.294. The highest BCUT2D eigenvalue weighted by molar-refractivity contribution is 5.94. The van der Waals surface area contributed by atoms with Crippen molar-refractivity contribution in [1.29, 1.82) is 0 Å². The van der Waals surface area contributed by atoms with Crippen molar-refractivity contribution in [2.24, 2.45) is 5.41 Å². The molecule has 1 amide bonds. The van der Waals surface area contributed by atoms with Crippen LogP contribution in [-0.4, -0.2) is 24.2 Å². The first kappa shape index (κ1) is 11.1. The molecule has 0 saturated carbocycles. The average molecular weight is 223 g/mol. The summed E-state index contributed by atoms with van der Waals surface area (Å²) < 4.78 is 4.91. The molecule has 0 aliphatic carbocycles. The van der Waals surface area contributed by atoms with Gasteiger partial charge in [0.1, 0.15) is 5.76 Å². The molecule has 0 atom stereocenters. The third kappa shape index (κ3) is 2.24. The topological polar surface area (TPSA) is 67.2 Å². The predicted molar refractivity (Wildman–Crippen MR) is 60.1 cm³/mol. The Morgan fingerprint density at radius 3 is 2.81 bits per heavy atom. The Morgan fingerprint density at radius 2 is 2.25 bits per heavy atom. The number of hydrogen-bond donors (Lipinski definition) is 2. The Labute approximate surface area is 94.6 Å². The highest BCUT2D eigenvalue weighted by atomic mass is 16.5. The van der Waals surface area contributed by atoms with Crippen molar-refractivity contribution in [3.63, 3.8) is 0 Å². The molecule has 0 aromatic carbocycles. The second-order valence-electron chi connectivity index (χ2n) is 4.59. The fourth-order valence-electron chi connectivity index (χ4n) is 1.90. The first-order valence-corrected chi connectivity index (χ1v) is 5.56. The van der Waals surface area contributed by atoms with Crippen LogP contribution in [-0.2, 0) is 4.79 Å². The largest absolute Gasteiger partial charge is 0.360 e. The maximum Gasteiger partial charge on any atom is 0.231 e. The molecule has 1 saturated heterocycles. The summed E-state index contributed by atoms with van der Waals surface area (Å²) in [6.07, 6.45) is 1.71. The number of carbonyl (C=O) groups is 1. The molecule has 1 aliphatic rings. The Bertz CT molecular complexity index is 380. The van der Waals surface area contributed by atoms with Crippen molar-refractivity contribution in [3.8, 4) is 0 Å². The molecule has 2 heterocycles. The van der Waals surface area contributed by atoms with E-state index < -0.39 is 0 Å². The summed E-state index contributed by atoms with van der Waals surface area (Å²) in [6, 6.07) is 1.72. The summed E-state index contributed by atoms with van der Waals surface area (Å²) in [4.78, 5) is 12.1. The van der Waals surface area contributed by atoms with Gasteiger partial charge in [0.2, 0.25) is 5.91 Å². The van der Waals surface area contributed by atoms with E-state index in [4.69, 9.17) is 4.52 Å². The van der Waals surface area contributed by atoms with Gasteiger partial charge in [-0.1, -0.05) is 12.1 Å². The number of aromatic nitrogens is 1. The molecule has 5 nitrogen and oxygen atoms in total. The van der Waals surface area contributed by atoms with E-state index in [1.165, 1.54) is 0 Å². The smallest absolute Gasteiger partial charge is 0.231 e. The monoisotopic (exact) mass is 223 g/mol. The lowest BCUT2D eigenvalue weighted by atomic mass is 9.80. The van der Waals surface area contributed by atoms with Crippen LogP contribution in [0.1, 0.15) is 25.5 Å². The van der Waals surface area contributed by atoms with Gasteiger partial charge in [-0.3, -0.25) is 4.79 Å². The minimum Gasteiger partial charge on any atom is -0.360 e. The molecule has 0 radical (unpaired) electrons. The molecule has 5 heteroatoms. The van der Waals surface area contributed by atoms with Gasteiger partial charge in [0.05, 0.1) is 0 Å². The van der Waals surface area contributed by atoms with Crippen LogP contribution in [0.5, 0.6) is 0 Å². The van der Waals surface area contributed by atoms with Crippen LogP contribution in [0, 0.1) is 12.3 Å². The third-order valence-electron chi connectivity index (χ3n) is 3.12. The minimum absolute atomic E-state index is 0.0299. The number of nitrogens with one attached hydrogen (secondary N) is 2. The Hall–Kier alpha value is -1.36. The van der Waals surface area contributed by atoms with E-state index >= 15 is 0 Å². The molecular weight excluding hydrogens is 206 g/mol. The lowest BCUT2D eigenvalue weighted by Crippen LogP contribution is -2.42. The predicted octanol–water partition coefficient (Wildman–Crippen LogP) is 1.31. The van der Waals surface area contributed by atoms with E-state index in [2.05, 4.69) is 15.8 Å².